The van der Waals surface area contributed by atoms with Gasteiger partial charge in [0.05, 0.1) is 12.7 Å². The molecule has 0 unspecified atom stereocenters. The monoisotopic (exact) mass is 321 g/mol. The molecule has 6 nitrogen and oxygen atoms in total. The van der Waals surface area contributed by atoms with Crippen LogP contribution in [0.15, 0.2) is 17.4 Å². The third-order valence-corrected chi connectivity index (χ3v) is 4.75. The topological polar surface area (TPSA) is 63.5 Å². The molecule has 1 aromatic rings. The number of rotatable bonds is 8. The first-order valence-electron chi connectivity index (χ1n) is 8.60. The molecule has 23 heavy (non-hydrogen) atoms. The quantitative estimate of drug-likeness (QED) is 0.567. The molecule has 2 rings (SSSR count). The van der Waals surface area contributed by atoms with Crippen LogP contribution in [0.25, 0.3) is 0 Å². The number of ether oxygens (including phenoxy) is 1. The van der Waals surface area contributed by atoms with Crippen molar-refractivity contribution in [2.45, 2.75) is 45.6 Å². The van der Waals surface area contributed by atoms with E-state index >= 15 is 0 Å². The maximum absolute atomic E-state index is 5.29. The summed E-state index contributed by atoms with van der Waals surface area (Å²) in [6.07, 6.45) is 10.3. The summed E-state index contributed by atoms with van der Waals surface area (Å²) in [4.78, 5) is 4.33. The van der Waals surface area contributed by atoms with Crippen LogP contribution in [0.2, 0.25) is 0 Å². The van der Waals surface area contributed by atoms with Crippen LogP contribution in [-0.4, -0.2) is 49.6 Å². The lowest BCUT2D eigenvalue weighted by Crippen LogP contribution is -2.44. The summed E-state index contributed by atoms with van der Waals surface area (Å²) < 4.78 is 7.25. The molecule has 0 radical (unpaired) electrons. The van der Waals surface area contributed by atoms with E-state index in [9.17, 15) is 0 Å². The average molecular weight is 321 g/mol. The van der Waals surface area contributed by atoms with E-state index in [1.54, 1.807) is 7.11 Å². The molecule has 130 valence electrons. The van der Waals surface area contributed by atoms with Crippen LogP contribution in [0.1, 0.15) is 37.7 Å². The summed E-state index contributed by atoms with van der Waals surface area (Å²) in [5, 5.41) is 11.2. The Bertz CT molecular complexity index is 491. The van der Waals surface area contributed by atoms with Crippen molar-refractivity contribution in [2.24, 2.45) is 10.4 Å². The van der Waals surface area contributed by atoms with Gasteiger partial charge in [-0.25, -0.2) is 0 Å². The van der Waals surface area contributed by atoms with Gasteiger partial charge >= 0.3 is 0 Å². The van der Waals surface area contributed by atoms with Gasteiger partial charge in [-0.2, -0.15) is 5.10 Å². The number of aryl methyl sites for hydroxylation is 1. The van der Waals surface area contributed by atoms with E-state index in [1.165, 1.54) is 31.2 Å². The highest BCUT2D eigenvalue weighted by molar-refractivity contribution is 5.79. The SMILES string of the molecule is CN=C(NCCn1cc(C)cn1)NCC1(CCOC)CCCC1. The number of hydrogen-bond donors (Lipinski definition) is 2. The Morgan fingerprint density at radius 3 is 2.78 bits per heavy atom. The zero-order valence-electron chi connectivity index (χ0n) is 14.8. The lowest BCUT2D eigenvalue weighted by Gasteiger charge is -2.29. The molecule has 0 bridgehead atoms. The Balaban J connectivity index is 1.75. The van der Waals surface area contributed by atoms with Crippen LogP contribution in [0.5, 0.6) is 0 Å². The van der Waals surface area contributed by atoms with Crippen molar-refractivity contribution < 1.29 is 4.74 Å². The van der Waals surface area contributed by atoms with Gasteiger partial charge in [0.1, 0.15) is 0 Å². The normalized spacial score (nSPS) is 17.4. The van der Waals surface area contributed by atoms with E-state index in [0.717, 1.165) is 38.6 Å². The van der Waals surface area contributed by atoms with Gasteiger partial charge in [-0.1, -0.05) is 12.8 Å². The maximum Gasteiger partial charge on any atom is 0.191 e. The van der Waals surface area contributed by atoms with E-state index in [4.69, 9.17) is 4.74 Å². The number of nitrogens with zero attached hydrogens (tertiary/aromatic N) is 3. The van der Waals surface area contributed by atoms with Gasteiger partial charge in [0.25, 0.3) is 0 Å². The van der Waals surface area contributed by atoms with E-state index < -0.39 is 0 Å². The second-order valence-electron chi connectivity index (χ2n) is 6.58. The third kappa shape index (κ3) is 5.53. The first-order valence-corrected chi connectivity index (χ1v) is 8.60. The highest BCUT2D eigenvalue weighted by Gasteiger charge is 2.33. The van der Waals surface area contributed by atoms with Crippen LogP contribution in [0.4, 0.5) is 0 Å². The van der Waals surface area contributed by atoms with Crippen molar-refractivity contribution in [1.29, 1.82) is 0 Å². The fraction of sp³-hybridized carbons (Fsp3) is 0.765. The molecule has 1 fully saturated rings. The number of aliphatic imine (C=N–C) groups is 1. The summed E-state index contributed by atoms with van der Waals surface area (Å²) in [5.41, 5.74) is 1.56. The van der Waals surface area contributed by atoms with Gasteiger partial charge in [-0.05, 0) is 37.2 Å². The van der Waals surface area contributed by atoms with E-state index in [2.05, 4.69) is 33.8 Å². The summed E-state index contributed by atoms with van der Waals surface area (Å²) in [6.45, 7) is 5.51. The smallest absolute Gasteiger partial charge is 0.191 e. The van der Waals surface area contributed by atoms with Crippen molar-refractivity contribution in [1.82, 2.24) is 20.4 Å². The summed E-state index contributed by atoms with van der Waals surface area (Å²) in [5.74, 6) is 0.873. The molecule has 0 amide bonds. The molecular weight excluding hydrogens is 290 g/mol. The minimum atomic E-state index is 0.368. The van der Waals surface area contributed by atoms with Gasteiger partial charge in [-0.3, -0.25) is 9.67 Å². The molecule has 2 N–H and O–H groups in total. The second kappa shape index (κ2) is 8.91. The summed E-state index contributed by atoms with van der Waals surface area (Å²) in [7, 11) is 3.61. The molecular formula is C17H31N5O. The predicted octanol–water partition coefficient (Wildman–Crippen LogP) is 1.95. The van der Waals surface area contributed by atoms with Crippen LogP contribution in [-0.2, 0) is 11.3 Å². The minimum Gasteiger partial charge on any atom is -0.385 e. The highest BCUT2D eigenvalue weighted by atomic mass is 16.5. The Morgan fingerprint density at radius 1 is 1.39 bits per heavy atom. The van der Waals surface area contributed by atoms with Crippen molar-refractivity contribution in [3.8, 4) is 0 Å². The molecule has 1 aliphatic carbocycles. The molecule has 0 aliphatic heterocycles. The third-order valence-electron chi connectivity index (χ3n) is 4.75. The van der Waals surface area contributed by atoms with E-state index in [0.29, 0.717) is 5.41 Å². The fourth-order valence-corrected chi connectivity index (χ4v) is 3.33. The number of hydrogen-bond acceptors (Lipinski definition) is 3. The Hall–Kier alpha value is -1.56. The number of guanidine groups is 1. The molecule has 0 aromatic carbocycles. The van der Waals surface area contributed by atoms with Crippen LogP contribution in [0.3, 0.4) is 0 Å². The second-order valence-corrected chi connectivity index (χ2v) is 6.58. The fourth-order valence-electron chi connectivity index (χ4n) is 3.33. The molecule has 1 saturated carbocycles. The number of aromatic nitrogens is 2. The maximum atomic E-state index is 5.29. The first kappa shape index (κ1) is 17.8. The molecule has 1 aliphatic rings. The van der Waals surface area contributed by atoms with Gasteiger partial charge in [-0.15, -0.1) is 0 Å². The Morgan fingerprint density at radius 2 is 2.17 bits per heavy atom. The van der Waals surface area contributed by atoms with Crippen molar-refractivity contribution >= 4 is 5.96 Å². The van der Waals surface area contributed by atoms with Gasteiger partial charge < -0.3 is 15.4 Å². The Labute approximate surface area is 139 Å². The van der Waals surface area contributed by atoms with Gasteiger partial charge in [0.15, 0.2) is 5.96 Å². The minimum absolute atomic E-state index is 0.368. The lowest BCUT2D eigenvalue weighted by molar-refractivity contribution is 0.138. The van der Waals surface area contributed by atoms with Crippen LogP contribution < -0.4 is 10.6 Å². The number of methoxy groups -OCH3 is 1. The van der Waals surface area contributed by atoms with E-state index in [1.807, 2.05) is 17.9 Å². The van der Waals surface area contributed by atoms with E-state index in [-0.39, 0.29) is 0 Å². The molecule has 1 heterocycles. The number of nitrogens with one attached hydrogen (secondary N) is 2. The highest BCUT2D eigenvalue weighted by Crippen LogP contribution is 2.40. The largest absolute Gasteiger partial charge is 0.385 e. The molecule has 6 heteroatoms. The zero-order valence-corrected chi connectivity index (χ0v) is 14.8. The van der Waals surface area contributed by atoms with Crippen molar-refractivity contribution in [3.63, 3.8) is 0 Å². The molecule has 0 spiro atoms. The standard InChI is InChI=1S/C17H31N5O/c1-15-12-21-22(13-15)10-9-19-16(18-2)20-14-17(8-11-23-3)6-4-5-7-17/h12-13H,4-11,14H2,1-3H3,(H2,18,19,20). The average Bonchev–Trinajstić information content (AvgIpc) is 3.18. The van der Waals surface area contributed by atoms with Crippen LogP contribution in [0, 0.1) is 12.3 Å². The molecule has 0 saturated heterocycles. The first-order chi connectivity index (χ1) is 11.2. The van der Waals surface area contributed by atoms with Crippen LogP contribution >= 0.6 is 0 Å². The lowest BCUT2D eigenvalue weighted by atomic mass is 9.83. The van der Waals surface area contributed by atoms with Crippen molar-refractivity contribution in [2.75, 3.05) is 33.9 Å². The van der Waals surface area contributed by atoms with Crippen molar-refractivity contribution in [3.05, 3.63) is 18.0 Å². The van der Waals surface area contributed by atoms with Gasteiger partial charge in [0, 0.05) is 40.1 Å². The molecule has 1 aromatic heterocycles. The Kier molecular flexibility index (Phi) is 6.89. The zero-order chi connectivity index (χ0) is 16.5. The van der Waals surface area contributed by atoms with Gasteiger partial charge in [0.2, 0.25) is 0 Å². The summed E-state index contributed by atoms with van der Waals surface area (Å²) in [6, 6.07) is 0. The molecule has 0 atom stereocenters. The predicted molar refractivity (Wildman–Crippen MR) is 93.7 cm³/mol. The summed E-state index contributed by atoms with van der Waals surface area (Å²) >= 11 is 0.